The number of hydrogen-bond acceptors (Lipinski definition) is 1. The van der Waals surface area contributed by atoms with Crippen LogP contribution < -0.4 is 0 Å². The molecule has 0 saturated carbocycles. The van der Waals surface area contributed by atoms with Crippen molar-refractivity contribution in [2.24, 2.45) is 0 Å². The first kappa shape index (κ1) is 12.9. The second-order valence-electron chi connectivity index (χ2n) is 6.27. The number of likely N-dealkylation sites (N-methyl/N-ethyl adjacent to an activating group) is 1. The summed E-state index contributed by atoms with van der Waals surface area (Å²) in [4.78, 5) is 2.57. The zero-order valence-electron chi connectivity index (χ0n) is 12.3. The monoisotopic (exact) mass is 255 g/mol. The lowest BCUT2D eigenvalue weighted by Crippen LogP contribution is -2.40. The number of nitrogens with zero attached hydrogens (tertiary/aromatic N) is 1. The normalized spacial score (nSPS) is 24.4. The maximum absolute atomic E-state index is 2.57. The van der Waals surface area contributed by atoms with Gasteiger partial charge >= 0.3 is 0 Å². The van der Waals surface area contributed by atoms with E-state index >= 15 is 0 Å². The average Bonchev–Trinajstić information content (AvgIpc) is 2.44. The summed E-state index contributed by atoms with van der Waals surface area (Å²) in [5.41, 5.74) is 6.42. The van der Waals surface area contributed by atoms with Gasteiger partial charge in [0.1, 0.15) is 0 Å². The largest absolute Gasteiger partial charge is 0.299 e. The van der Waals surface area contributed by atoms with Crippen molar-refractivity contribution in [1.29, 1.82) is 0 Å². The van der Waals surface area contributed by atoms with E-state index in [9.17, 15) is 0 Å². The average molecular weight is 255 g/mol. The third-order valence-electron chi connectivity index (χ3n) is 4.88. The Kier molecular flexibility index (Phi) is 3.74. The predicted octanol–water partition coefficient (Wildman–Crippen LogP) is 4.11. The van der Waals surface area contributed by atoms with Gasteiger partial charge in [0.05, 0.1) is 0 Å². The predicted molar refractivity (Wildman–Crippen MR) is 81.4 cm³/mol. The molecule has 1 heteroatoms. The zero-order valence-corrected chi connectivity index (χ0v) is 12.3. The van der Waals surface area contributed by atoms with Crippen LogP contribution in [0.3, 0.4) is 0 Å². The van der Waals surface area contributed by atoms with Gasteiger partial charge in [-0.3, -0.25) is 4.90 Å². The SMILES string of the molecule is Cc1ccc(C[C@@H]2C3=C(CCCC3)CCN2C)cc1. The summed E-state index contributed by atoms with van der Waals surface area (Å²) in [6, 6.07) is 9.76. The Labute approximate surface area is 117 Å². The molecule has 0 unspecified atom stereocenters. The van der Waals surface area contributed by atoms with Gasteiger partial charge in [-0.15, -0.1) is 0 Å². The molecule has 19 heavy (non-hydrogen) atoms. The number of rotatable bonds is 2. The first-order chi connectivity index (χ1) is 9.24. The highest BCUT2D eigenvalue weighted by Gasteiger charge is 2.28. The fraction of sp³-hybridized carbons (Fsp3) is 0.556. The Balaban J connectivity index is 1.82. The molecule has 1 aliphatic heterocycles. The van der Waals surface area contributed by atoms with Crippen LogP contribution in [0.4, 0.5) is 0 Å². The fourth-order valence-electron chi connectivity index (χ4n) is 3.64. The molecule has 0 radical (unpaired) electrons. The third kappa shape index (κ3) is 2.76. The molecule has 1 aromatic carbocycles. The summed E-state index contributed by atoms with van der Waals surface area (Å²) in [6.07, 6.45) is 8.03. The topological polar surface area (TPSA) is 3.24 Å². The van der Waals surface area contributed by atoms with E-state index in [0.29, 0.717) is 6.04 Å². The van der Waals surface area contributed by atoms with Gasteiger partial charge in [-0.05, 0) is 58.1 Å². The van der Waals surface area contributed by atoms with Crippen LogP contribution in [-0.4, -0.2) is 24.5 Å². The maximum atomic E-state index is 2.57. The minimum atomic E-state index is 0.659. The van der Waals surface area contributed by atoms with Crippen molar-refractivity contribution in [1.82, 2.24) is 4.90 Å². The van der Waals surface area contributed by atoms with E-state index in [4.69, 9.17) is 0 Å². The number of hydrogen-bond donors (Lipinski definition) is 0. The molecular weight excluding hydrogens is 230 g/mol. The summed E-state index contributed by atoms with van der Waals surface area (Å²) in [5, 5.41) is 0. The number of benzene rings is 1. The Bertz CT molecular complexity index is 469. The summed E-state index contributed by atoms with van der Waals surface area (Å²) < 4.78 is 0. The maximum Gasteiger partial charge on any atom is 0.0347 e. The molecule has 1 heterocycles. The molecule has 1 aliphatic carbocycles. The van der Waals surface area contributed by atoms with E-state index < -0.39 is 0 Å². The van der Waals surface area contributed by atoms with Gasteiger partial charge in [0.25, 0.3) is 0 Å². The van der Waals surface area contributed by atoms with Crippen molar-refractivity contribution < 1.29 is 0 Å². The van der Waals surface area contributed by atoms with Crippen molar-refractivity contribution in [2.45, 2.75) is 51.5 Å². The van der Waals surface area contributed by atoms with E-state index in [1.165, 1.54) is 56.2 Å². The Morgan fingerprint density at radius 2 is 1.79 bits per heavy atom. The minimum Gasteiger partial charge on any atom is -0.299 e. The molecular formula is C18H25N. The van der Waals surface area contributed by atoms with Crippen LogP contribution >= 0.6 is 0 Å². The summed E-state index contributed by atoms with van der Waals surface area (Å²) >= 11 is 0. The van der Waals surface area contributed by atoms with Crippen LogP contribution in [0.15, 0.2) is 35.4 Å². The lowest BCUT2D eigenvalue weighted by atomic mass is 9.80. The van der Waals surface area contributed by atoms with Crippen LogP contribution in [-0.2, 0) is 6.42 Å². The van der Waals surface area contributed by atoms with Crippen molar-refractivity contribution in [3.05, 3.63) is 46.5 Å². The molecule has 0 fully saturated rings. The van der Waals surface area contributed by atoms with Gasteiger partial charge in [-0.25, -0.2) is 0 Å². The standard InChI is InChI=1S/C18H25N/c1-14-7-9-15(10-8-14)13-18-17-6-4-3-5-16(17)11-12-19(18)2/h7-10,18H,3-6,11-13H2,1-2H3/t18-/m1/s1. The van der Waals surface area contributed by atoms with Crippen LogP contribution in [0.1, 0.15) is 43.2 Å². The molecule has 1 nitrogen and oxygen atoms in total. The fourth-order valence-corrected chi connectivity index (χ4v) is 3.64. The van der Waals surface area contributed by atoms with Crippen molar-refractivity contribution in [3.63, 3.8) is 0 Å². The van der Waals surface area contributed by atoms with Gasteiger partial charge in [0.15, 0.2) is 0 Å². The van der Waals surface area contributed by atoms with Gasteiger partial charge in [0.2, 0.25) is 0 Å². The van der Waals surface area contributed by atoms with Crippen molar-refractivity contribution >= 4 is 0 Å². The van der Waals surface area contributed by atoms with Gasteiger partial charge < -0.3 is 0 Å². The highest BCUT2D eigenvalue weighted by molar-refractivity contribution is 5.30. The second kappa shape index (κ2) is 5.50. The molecule has 1 aromatic rings. The van der Waals surface area contributed by atoms with E-state index in [0.717, 1.165) is 0 Å². The smallest absolute Gasteiger partial charge is 0.0347 e. The molecule has 0 aromatic heterocycles. The van der Waals surface area contributed by atoms with Gasteiger partial charge in [-0.1, -0.05) is 41.0 Å². The Morgan fingerprint density at radius 3 is 2.58 bits per heavy atom. The first-order valence-corrected chi connectivity index (χ1v) is 7.70. The van der Waals surface area contributed by atoms with Gasteiger partial charge in [-0.2, -0.15) is 0 Å². The lowest BCUT2D eigenvalue weighted by Gasteiger charge is -2.39. The lowest BCUT2D eigenvalue weighted by molar-refractivity contribution is 0.242. The van der Waals surface area contributed by atoms with Crippen LogP contribution in [0.25, 0.3) is 0 Å². The highest BCUT2D eigenvalue weighted by Crippen LogP contribution is 2.35. The Hall–Kier alpha value is -1.08. The molecule has 0 N–H and O–H groups in total. The highest BCUT2D eigenvalue weighted by atomic mass is 15.1. The molecule has 2 aliphatic rings. The van der Waals surface area contributed by atoms with Crippen molar-refractivity contribution in [2.75, 3.05) is 13.6 Å². The van der Waals surface area contributed by atoms with Crippen LogP contribution in [0, 0.1) is 6.92 Å². The molecule has 0 amide bonds. The summed E-state index contributed by atoms with van der Waals surface area (Å²) in [6.45, 7) is 3.41. The summed E-state index contributed by atoms with van der Waals surface area (Å²) in [5.74, 6) is 0. The molecule has 0 saturated heterocycles. The molecule has 0 bridgehead atoms. The van der Waals surface area contributed by atoms with E-state index in [-0.39, 0.29) is 0 Å². The molecule has 0 spiro atoms. The molecule has 3 rings (SSSR count). The second-order valence-corrected chi connectivity index (χ2v) is 6.27. The van der Waals surface area contributed by atoms with E-state index in [2.05, 4.69) is 43.1 Å². The van der Waals surface area contributed by atoms with Crippen LogP contribution in [0.2, 0.25) is 0 Å². The first-order valence-electron chi connectivity index (χ1n) is 7.70. The van der Waals surface area contributed by atoms with Crippen LogP contribution in [0.5, 0.6) is 0 Å². The summed E-state index contributed by atoms with van der Waals surface area (Å²) in [7, 11) is 2.30. The zero-order chi connectivity index (χ0) is 13.2. The van der Waals surface area contributed by atoms with E-state index in [1.807, 2.05) is 0 Å². The Morgan fingerprint density at radius 1 is 1.05 bits per heavy atom. The van der Waals surface area contributed by atoms with Crippen molar-refractivity contribution in [3.8, 4) is 0 Å². The molecule has 102 valence electrons. The van der Waals surface area contributed by atoms with E-state index in [1.54, 1.807) is 11.1 Å². The third-order valence-corrected chi connectivity index (χ3v) is 4.88. The quantitative estimate of drug-likeness (QED) is 0.719. The minimum absolute atomic E-state index is 0.659. The van der Waals surface area contributed by atoms with Gasteiger partial charge in [0, 0.05) is 12.6 Å². The molecule has 1 atom stereocenters. The number of aryl methyl sites for hydroxylation is 1.